The van der Waals surface area contributed by atoms with Crippen molar-refractivity contribution in [1.82, 2.24) is 0 Å². The van der Waals surface area contributed by atoms with Crippen LogP contribution in [0.5, 0.6) is 0 Å². The summed E-state index contributed by atoms with van der Waals surface area (Å²) in [7, 11) is 0. The average molecular weight is 251 g/mol. The normalized spacial score (nSPS) is 28.4. The first-order chi connectivity index (χ1) is 7.43. The number of nitriles is 1. The van der Waals surface area contributed by atoms with Gasteiger partial charge in [-0.15, -0.1) is 0 Å². The summed E-state index contributed by atoms with van der Waals surface area (Å²) in [5.41, 5.74) is 0. The van der Waals surface area contributed by atoms with Gasteiger partial charge in [0, 0.05) is 11.0 Å². The first kappa shape index (κ1) is 13.7. The molecule has 1 aliphatic carbocycles. The number of hydrogen-bond donors (Lipinski definition) is 0. The molecule has 3 unspecified atom stereocenters. The Morgan fingerprint density at radius 3 is 2.62 bits per heavy atom. The fourth-order valence-electron chi connectivity index (χ4n) is 1.97. The van der Waals surface area contributed by atoms with Crippen LogP contribution >= 0.6 is 11.8 Å². The van der Waals surface area contributed by atoms with Gasteiger partial charge >= 0.3 is 6.18 Å². The SMILES string of the molecule is CC1CCCC(SCC(C#N)C(F)(F)F)C1. The van der Waals surface area contributed by atoms with Gasteiger partial charge in [0.05, 0.1) is 6.07 Å². The third kappa shape index (κ3) is 4.25. The van der Waals surface area contributed by atoms with Gasteiger partial charge in [-0.1, -0.05) is 19.8 Å². The lowest BCUT2D eigenvalue weighted by Gasteiger charge is -2.27. The Hall–Kier alpha value is -0.370. The number of thioether (sulfide) groups is 1. The molecular formula is C11H16F3NS. The van der Waals surface area contributed by atoms with E-state index in [9.17, 15) is 13.2 Å². The summed E-state index contributed by atoms with van der Waals surface area (Å²) >= 11 is 1.32. The molecule has 0 spiro atoms. The molecule has 16 heavy (non-hydrogen) atoms. The average Bonchev–Trinajstić information content (AvgIpc) is 2.16. The van der Waals surface area contributed by atoms with E-state index in [1.807, 2.05) is 0 Å². The molecule has 0 saturated heterocycles. The fraction of sp³-hybridized carbons (Fsp3) is 0.909. The van der Waals surface area contributed by atoms with Crippen LogP contribution in [-0.4, -0.2) is 17.2 Å². The molecule has 0 heterocycles. The zero-order valence-corrected chi connectivity index (χ0v) is 10.1. The Balaban J connectivity index is 2.36. The van der Waals surface area contributed by atoms with Crippen LogP contribution in [0.25, 0.3) is 0 Å². The van der Waals surface area contributed by atoms with E-state index in [0.717, 1.165) is 19.3 Å². The van der Waals surface area contributed by atoms with E-state index in [1.54, 1.807) is 0 Å². The minimum atomic E-state index is -4.37. The van der Waals surface area contributed by atoms with Crippen molar-refractivity contribution in [3.63, 3.8) is 0 Å². The second kappa shape index (κ2) is 5.81. The molecule has 0 N–H and O–H groups in total. The van der Waals surface area contributed by atoms with Crippen LogP contribution < -0.4 is 0 Å². The highest BCUT2D eigenvalue weighted by Gasteiger charge is 2.40. The maximum absolute atomic E-state index is 12.3. The van der Waals surface area contributed by atoms with Crippen molar-refractivity contribution in [3.8, 4) is 6.07 Å². The molecule has 0 aromatic heterocycles. The van der Waals surface area contributed by atoms with Crippen LogP contribution in [0.2, 0.25) is 0 Å². The maximum atomic E-state index is 12.3. The van der Waals surface area contributed by atoms with Gasteiger partial charge in [-0.2, -0.15) is 30.2 Å². The van der Waals surface area contributed by atoms with Crippen molar-refractivity contribution >= 4 is 11.8 Å². The molecule has 1 nitrogen and oxygen atoms in total. The summed E-state index contributed by atoms with van der Waals surface area (Å²) in [6.45, 7) is 2.14. The molecule has 92 valence electrons. The van der Waals surface area contributed by atoms with E-state index in [2.05, 4.69) is 6.92 Å². The van der Waals surface area contributed by atoms with Crippen molar-refractivity contribution in [2.45, 2.75) is 44.0 Å². The van der Waals surface area contributed by atoms with Crippen LogP contribution in [0.4, 0.5) is 13.2 Å². The summed E-state index contributed by atoms with van der Waals surface area (Å²) in [4.78, 5) is 0. The number of alkyl halides is 3. The first-order valence-corrected chi connectivity index (χ1v) is 6.56. The first-order valence-electron chi connectivity index (χ1n) is 5.51. The Labute approximate surface area is 98.4 Å². The molecule has 0 aliphatic heterocycles. The van der Waals surface area contributed by atoms with Crippen molar-refractivity contribution in [3.05, 3.63) is 0 Å². The van der Waals surface area contributed by atoms with E-state index in [1.165, 1.54) is 24.3 Å². The molecule has 1 fully saturated rings. The third-order valence-corrected chi connectivity index (χ3v) is 4.36. The number of halogens is 3. The highest BCUT2D eigenvalue weighted by Crippen LogP contribution is 2.35. The Kier molecular flexibility index (Phi) is 4.97. The van der Waals surface area contributed by atoms with Crippen LogP contribution in [0.1, 0.15) is 32.6 Å². The molecule has 1 rings (SSSR count). The van der Waals surface area contributed by atoms with E-state index >= 15 is 0 Å². The van der Waals surface area contributed by atoms with E-state index in [-0.39, 0.29) is 5.75 Å². The zero-order valence-electron chi connectivity index (χ0n) is 9.26. The summed E-state index contributed by atoms with van der Waals surface area (Å²) in [6, 6.07) is 1.35. The van der Waals surface area contributed by atoms with Gasteiger partial charge in [0.2, 0.25) is 0 Å². The maximum Gasteiger partial charge on any atom is 0.405 e. The summed E-state index contributed by atoms with van der Waals surface area (Å²) in [6.07, 6.45) is -0.117. The lowest BCUT2D eigenvalue weighted by Crippen LogP contribution is -2.25. The van der Waals surface area contributed by atoms with Gasteiger partial charge in [0.15, 0.2) is 5.92 Å². The Morgan fingerprint density at radius 1 is 1.44 bits per heavy atom. The lowest BCUT2D eigenvalue weighted by molar-refractivity contribution is -0.152. The van der Waals surface area contributed by atoms with Crippen LogP contribution in [-0.2, 0) is 0 Å². The van der Waals surface area contributed by atoms with E-state index in [0.29, 0.717) is 11.2 Å². The quantitative estimate of drug-likeness (QED) is 0.757. The van der Waals surface area contributed by atoms with Gasteiger partial charge < -0.3 is 0 Å². The fourth-order valence-corrected chi connectivity index (χ4v) is 3.49. The lowest BCUT2D eigenvalue weighted by atomic mass is 9.91. The second-order valence-corrected chi connectivity index (χ2v) is 5.78. The highest BCUT2D eigenvalue weighted by molar-refractivity contribution is 7.99. The van der Waals surface area contributed by atoms with Crippen molar-refractivity contribution in [1.29, 1.82) is 5.26 Å². The zero-order chi connectivity index (χ0) is 12.2. The standard InChI is InChI=1S/C11H16F3NS/c1-8-3-2-4-10(5-8)16-7-9(6-15)11(12,13)14/h8-10H,2-5,7H2,1H3. The predicted molar refractivity (Wildman–Crippen MR) is 59.0 cm³/mol. The summed E-state index contributed by atoms with van der Waals surface area (Å²) in [5.74, 6) is -1.32. The van der Waals surface area contributed by atoms with Crippen molar-refractivity contribution in [2.24, 2.45) is 11.8 Å². The molecule has 1 saturated carbocycles. The largest absolute Gasteiger partial charge is 0.405 e. The van der Waals surface area contributed by atoms with Crippen LogP contribution in [0.3, 0.4) is 0 Å². The molecule has 0 bridgehead atoms. The highest BCUT2D eigenvalue weighted by atomic mass is 32.2. The summed E-state index contributed by atoms with van der Waals surface area (Å²) < 4.78 is 36.9. The smallest absolute Gasteiger partial charge is 0.198 e. The Bertz CT molecular complexity index is 259. The van der Waals surface area contributed by atoms with Gasteiger partial charge in [-0.05, 0) is 18.8 Å². The molecule has 3 atom stereocenters. The van der Waals surface area contributed by atoms with E-state index < -0.39 is 12.1 Å². The van der Waals surface area contributed by atoms with Crippen LogP contribution in [0.15, 0.2) is 0 Å². The second-order valence-electron chi connectivity index (χ2n) is 4.45. The monoisotopic (exact) mass is 251 g/mol. The predicted octanol–water partition coefficient (Wildman–Crippen LogP) is 4.00. The van der Waals surface area contributed by atoms with Crippen LogP contribution in [0, 0.1) is 23.2 Å². The van der Waals surface area contributed by atoms with Gasteiger partial charge in [0.25, 0.3) is 0 Å². The molecule has 0 aromatic rings. The van der Waals surface area contributed by atoms with Gasteiger partial charge in [-0.25, -0.2) is 0 Å². The van der Waals surface area contributed by atoms with Crippen molar-refractivity contribution < 1.29 is 13.2 Å². The molecular weight excluding hydrogens is 235 g/mol. The third-order valence-electron chi connectivity index (χ3n) is 2.94. The van der Waals surface area contributed by atoms with Crippen molar-refractivity contribution in [2.75, 3.05) is 5.75 Å². The number of hydrogen-bond acceptors (Lipinski definition) is 2. The number of rotatable bonds is 3. The molecule has 0 amide bonds. The van der Waals surface area contributed by atoms with Gasteiger partial charge in [-0.3, -0.25) is 0 Å². The molecule has 0 aromatic carbocycles. The molecule has 1 aliphatic rings. The topological polar surface area (TPSA) is 23.8 Å². The molecule has 5 heteroatoms. The van der Waals surface area contributed by atoms with E-state index in [4.69, 9.17) is 5.26 Å². The van der Waals surface area contributed by atoms with Gasteiger partial charge in [0.1, 0.15) is 0 Å². The minimum Gasteiger partial charge on any atom is -0.198 e. The number of nitrogens with zero attached hydrogens (tertiary/aromatic N) is 1. The molecule has 0 radical (unpaired) electrons. The Morgan fingerprint density at radius 2 is 2.12 bits per heavy atom. The summed E-state index contributed by atoms with van der Waals surface area (Å²) in [5, 5.41) is 8.77. The minimum absolute atomic E-state index is 0.114.